The van der Waals surface area contributed by atoms with Gasteiger partial charge in [-0.05, 0) is 54.2 Å². The molecule has 1 heterocycles. The molecule has 2 aromatic carbocycles. The molecule has 5 nitrogen and oxygen atoms in total. The highest BCUT2D eigenvalue weighted by molar-refractivity contribution is 6.61. The predicted octanol–water partition coefficient (Wildman–Crippen LogP) is 1.97. The van der Waals surface area contributed by atoms with E-state index in [1.165, 1.54) is 0 Å². The van der Waals surface area contributed by atoms with E-state index < -0.39 is 7.12 Å². The van der Waals surface area contributed by atoms with Gasteiger partial charge in [0, 0.05) is 18.8 Å². The summed E-state index contributed by atoms with van der Waals surface area (Å²) in [5.74, 6) is 1.48. The molecule has 0 spiro atoms. The van der Waals surface area contributed by atoms with Crippen LogP contribution in [0, 0.1) is 0 Å². The molecule has 6 heteroatoms. The molecule has 0 fully saturated rings. The van der Waals surface area contributed by atoms with Crippen molar-refractivity contribution < 1.29 is 19.2 Å². The Hall–Kier alpha value is -2.18. The van der Waals surface area contributed by atoms with E-state index >= 15 is 0 Å². The van der Waals surface area contributed by atoms with Gasteiger partial charge in [0.05, 0.1) is 13.7 Å². The zero-order valence-electron chi connectivity index (χ0n) is 14.0. The first-order valence-corrected chi connectivity index (χ1v) is 8.17. The molecule has 24 heavy (non-hydrogen) atoms. The van der Waals surface area contributed by atoms with Crippen LogP contribution in [-0.4, -0.2) is 32.5 Å². The number of nitrogens with one attached hydrogen (secondary N) is 1. The highest BCUT2D eigenvalue weighted by Gasteiger charge is 2.24. The molecule has 0 aliphatic carbocycles. The van der Waals surface area contributed by atoms with Crippen molar-refractivity contribution in [2.75, 3.05) is 25.6 Å². The average molecular weight is 327 g/mol. The minimum Gasteiger partial charge on any atom is -0.493 e. The van der Waals surface area contributed by atoms with E-state index in [2.05, 4.69) is 5.32 Å². The predicted molar refractivity (Wildman–Crippen MR) is 95.2 cm³/mol. The number of methoxy groups -OCH3 is 1. The van der Waals surface area contributed by atoms with Crippen LogP contribution in [0.5, 0.6) is 11.5 Å². The van der Waals surface area contributed by atoms with Crippen molar-refractivity contribution in [2.24, 2.45) is 0 Å². The third-order valence-electron chi connectivity index (χ3n) is 4.08. The Labute approximate surface area is 142 Å². The molecule has 1 aliphatic rings. The summed E-state index contributed by atoms with van der Waals surface area (Å²) in [7, 11) is 0.803. The van der Waals surface area contributed by atoms with E-state index in [1.54, 1.807) is 7.11 Å². The van der Waals surface area contributed by atoms with E-state index in [4.69, 9.17) is 14.1 Å². The second-order valence-electron chi connectivity index (χ2n) is 5.66. The quantitative estimate of drug-likeness (QED) is 0.795. The zero-order valence-corrected chi connectivity index (χ0v) is 14.0. The Morgan fingerprint density at radius 3 is 2.88 bits per heavy atom. The number of ether oxygens (including phenoxy) is 2. The topological polar surface area (TPSA) is 60.0 Å². The molecule has 0 saturated heterocycles. The summed E-state index contributed by atoms with van der Waals surface area (Å²) in [5.41, 5.74) is 4.03. The van der Waals surface area contributed by atoms with E-state index in [0.29, 0.717) is 19.8 Å². The number of benzene rings is 2. The first-order valence-electron chi connectivity index (χ1n) is 8.17. The van der Waals surface area contributed by atoms with Crippen LogP contribution in [-0.2, 0) is 17.6 Å². The lowest BCUT2D eigenvalue weighted by molar-refractivity contribution is 0.266. The van der Waals surface area contributed by atoms with Gasteiger partial charge in [-0.2, -0.15) is 0 Å². The second kappa shape index (κ2) is 7.60. The molecule has 2 aromatic rings. The standard InChI is InChI=1S/C18H22BNO4/c1-3-23-18-10-13(4-7-17(18)22-2)12-20-15-6-5-14-8-9-24-19(21)16(14)11-15/h4-7,10-11,20-21H,3,8-9,12H2,1-2H3. The van der Waals surface area contributed by atoms with Crippen molar-refractivity contribution in [3.63, 3.8) is 0 Å². The fraction of sp³-hybridized carbons (Fsp3) is 0.333. The molecule has 0 aromatic heterocycles. The highest BCUT2D eigenvalue weighted by Crippen LogP contribution is 2.28. The van der Waals surface area contributed by atoms with Crippen LogP contribution in [0.3, 0.4) is 0 Å². The lowest BCUT2D eigenvalue weighted by atomic mass is 9.73. The molecular weight excluding hydrogens is 305 g/mol. The Kier molecular flexibility index (Phi) is 5.28. The second-order valence-corrected chi connectivity index (χ2v) is 5.66. The molecule has 1 aliphatic heterocycles. The van der Waals surface area contributed by atoms with E-state index in [0.717, 1.165) is 40.2 Å². The van der Waals surface area contributed by atoms with Gasteiger partial charge in [0.15, 0.2) is 11.5 Å². The molecule has 0 unspecified atom stereocenters. The molecule has 126 valence electrons. The Bertz CT molecular complexity index is 707. The largest absolute Gasteiger partial charge is 0.493 e. The van der Waals surface area contributed by atoms with Gasteiger partial charge in [-0.15, -0.1) is 0 Å². The fourth-order valence-electron chi connectivity index (χ4n) is 2.84. The highest BCUT2D eigenvalue weighted by atomic mass is 16.5. The molecule has 0 amide bonds. The van der Waals surface area contributed by atoms with Gasteiger partial charge in [0.25, 0.3) is 0 Å². The minimum absolute atomic E-state index is 0.562. The summed E-state index contributed by atoms with van der Waals surface area (Å²) in [6.07, 6.45) is 0.836. The maximum absolute atomic E-state index is 9.94. The number of fused-ring (bicyclic) bond motifs is 1. The van der Waals surface area contributed by atoms with Crippen molar-refractivity contribution in [3.8, 4) is 11.5 Å². The van der Waals surface area contributed by atoms with Crippen LogP contribution in [0.15, 0.2) is 36.4 Å². The lowest BCUT2D eigenvalue weighted by Crippen LogP contribution is -2.41. The van der Waals surface area contributed by atoms with Gasteiger partial charge in [-0.25, -0.2) is 0 Å². The Balaban J connectivity index is 1.72. The smallest absolute Gasteiger partial charge is 0.491 e. The van der Waals surface area contributed by atoms with E-state index in [9.17, 15) is 5.02 Å². The summed E-state index contributed by atoms with van der Waals surface area (Å²) in [5, 5.41) is 13.3. The maximum atomic E-state index is 9.94. The summed E-state index contributed by atoms with van der Waals surface area (Å²) in [4.78, 5) is 0. The van der Waals surface area contributed by atoms with Crippen LogP contribution >= 0.6 is 0 Å². The molecule has 0 saturated carbocycles. The summed E-state index contributed by atoms with van der Waals surface area (Å²) in [6.45, 7) is 3.76. The van der Waals surface area contributed by atoms with Crippen molar-refractivity contribution in [1.82, 2.24) is 0 Å². The molecule has 2 N–H and O–H groups in total. The zero-order chi connectivity index (χ0) is 16.9. The van der Waals surface area contributed by atoms with Crippen molar-refractivity contribution >= 4 is 18.3 Å². The summed E-state index contributed by atoms with van der Waals surface area (Å²) in [6, 6.07) is 11.9. The number of hydrogen-bond acceptors (Lipinski definition) is 5. The normalized spacial score (nSPS) is 13.4. The van der Waals surface area contributed by atoms with Gasteiger partial charge in [0.2, 0.25) is 0 Å². The van der Waals surface area contributed by atoms with Crippen molar-refractivity contribution in [1.29, 1.82) is 0 Å². The molecular formula is C18H22BNO4. The monoisotopic (exact) mass is 327 g/mol. The number of anilines is 1. The van der Waals surface area contributed by atoms with Gasteiger partial charge in [-0.3, -0.25) is 0 Å². The summed E-state index contributed by atoms with van der Waals surface area (Å²) < 4.78 is 16.2. The third-order valence-corrected chi connectivity index (χ3v) is 4.08. The van der Waals surface area contributed by atoms with Crippen molar-refractivity contribution in [3.05, 3.63) is 47.5 Å². The molecule has 0 atom stereocenters. The lowest BCUT2D eigenvalue weighted by Gasteiger charge is -2.20. The molecule has 0 bridgehead atoms. The Morgan fingerprint density at radius 1 is 1.21 bits per heavy atom. The number of rotatable bonds is 6. The van der Waals surface area contributed by atoms with E-state index in [-0.39, 0.29) is 0 Å². The van der Waals surface area contributed by atoms with Crippen LogP contribution in [0.25, 0.3) is 0 Å². The van der Waals surface area contributed by atoms with Crippen LogP contribution in [0.4, 0.5) is 5.69 Å². The average Bonchev–Trinajstić information content (AvgIpc) is 2.61. The molecule has 3 rings (SSSR count). The van der Waals surface area contributed by atoms with Crippen LogP contribution in [0.1, 0.15) is 18.1 Å². The van der Waals surface area contributed by atoms with Crippen LogP contribution in [0.2, 0.25) is 0 Å². The van der Waals surface area contributed by atoms with E-state index in [1.807, 2.05) is 43.3 Å². The van der Waals surface area contributed by atoms with Crippen LogP contribution < -0.4 is 20.3 Å². The fourth-order valence-corrected chi connectivity index (χ4v) is 2.84. The first-order chi connectivity index (χ1) is 11.7. The van der Waals surface area contributed by atoms with Gasteiger partial charge in [-0.1, -0.05) is 12.1 Å². The Morgan fingerprint density at radius 2 is 2.08 bits per heavy atom. The number of hydrogen-bond donors (Lipinski definition) is 2. The molecule has 0 radical (unpaired) electrons. The van der Waals surface area contributed by atoms with Gasteiger partial charge >= 0.3 is 7.12 Å². The van der Waals surface area contributed by atoms with Gasteiger partial charge < -0.3 is 24.5 Å². The van der Waals surface area contributed by atoms with Gasteiger partial charge in [0.1, 0.15) is 0 Å². The minimum atomic E-state index is -0.832. The SMILES string of the molecule is CCOc1cc(CNc2ccc3c(c2)B(O)OCC3)ccc1OC. The van der Waals surface area contributed by atoms with Crippen molar-refractivity contribution in [2.45, 2.75) is 19.9 Å². The summed E-state index contributed by atoms with van der Waals surface area (Å²) >= 11 is 0. The third kappa shape index (κ3) is 3.66. The first kappa shape index (κ1) is 16.7. The maximum Gasteiger partial charge on any atom is 0.491 e.